The van der Waals surface area contributed by atoms with Gasteiger partial charge in [0.05, 0.1) is 63.1 Å². The number of nitrogens with zero attached hydrogens (tertiary/aromatic N) is 2. The molecule has 388 valence electrons. The van der Waals surface area contributed by atoms with Gasteiger partial charge < -0.3 is 28.8 Å². The highest BCUT2D eigenvalue weighted by atomic mass is 35.5. The molecule has 74 heavy (non-hydrogen) atoms. The summed E-state index contributed by atoms with van der Waals surface area (Å²) in [6, 6.07) is 19.8. The number of aliphatic carboxylic acids is 1. The number of halogens is 10. The second-order valence-electron chi connectivity index (χ2n) is 15.7. The number of carbonyl (C=O) groups excluding carboxylic acids is 5. The van der Waals surface area contributed by atoms with E-state index in [-0.39, 0.29) is 85.4 Å². The molecule has 0 fully saturated rings. The zero-order valence-electron chi connectivity index (χ0n) is 38.0. The number of amides is 4. The van der Waals surface area contributed by atoms with E-state index in [1.165, 1.54) is 84.9 Å². The quantitative estimate of drug-likeness (QED) is 0.0462. The molecule has 24 heteroatoms. The number of fused-ring (bicyclic) bond motifs is 4. The fourth-order valence-corrected chi connectivity index (χ4v) is 8.63. The van der Waals surface area contributed by atoms with Crippen LogP contribution in [-0.4, -0.2) is 99.4 Å². The van der Waals surface area contributed by atoms with Gasteiger partial charge in [0.1, 0.15) is 49.4 Å². The van der Waals surface area contributed by atoms with Crippen molar-refractivity contribution in [3.05, 3.63) is 128 Å². The van der Waals surface area contributed by atoms with E-state index >= 15 is 0 Å². The van der Waals surface area contributed by atoms with E-state index in [9.17, 15) is 63.9 Å². The molecule has 6 aromatic carbocycles. The standard InChI is InChI=1S/C26H20ClF4NO6.C24H16ClF4NO6/c1-2-36-20(33)10-13-7-8-17(16(27)9-13)32-25(34)21-22(26(32)35)24(38-12-19(30)31)15-6-4-3-5-14(15)23(21)37-11-18(28)29;25-14-7-11(8-18(31)32)5-6-15(14)30-23(33)19-20(24(30)34)22(36-10-17(28)29)13-4-2-1-3-12(13)21(19)35-9-16(26)27/h3-9,18-19H,2,10-12H2,1H3;1-7,16-17H,8-10H2,(H,31,32). The van der Waals surface area contributed by atoms with Gasteiger partial charge in [-0.15, -0.1) is 0 Å². The molecule has 0 unspecified atom stereocenters. The molecule has 14 nitrogen and oxygen atoms in total. The smallest absolute Gasteiger partial charge is 0.310 e. The van der Waals surface area contributed by atoms with Crippen molar-refractivity contribution in [3.8, 4) is 23.0 Å². The Kier molecular flexibility index (Phi) is 16.8. The molecule has 0 saturated heterocycles. The summed E-state index contributed by atoms with van der Waals surface area (Å²) in [5.74, 6) is -6.86. The Hall–Kier alpha value is -7.72. The van der Waals surface area contributed by atoms with E-state index in [4.69, 9.17) is 52.0 Å². The minimum Gasteiger partial charge on any atom is -0.486 e. The van der Waals surface area contributed by atoms with E-state index in [0.29, 0.717) is 20.9 Å². The van der Waals surface area contributed by atoms with Crippen molar-refractivity contribution in [1.29, 1.82) is 0 Å². The van der Waals surface area contributed by atoms with Gasteiger partial charge in [0.15, 0.2) is 0 Å². The second-order valence-corrected chi connectivity index (χ2v) is 16.5. The summed E-state index contributed by atoms with van der Waals surface area (Å²) in [6.07, 6.45) is -12.1. The lowest BCUT2D eigenvalue weighted by molar-refractivity contribution is -0.142. The van der Waals surface area contributed by atoms with Gasteiger partial charge in [-0.2, -0.15) is 0 Å². The molecule has 0 radical (unpaired) electrons. The van der Waals surface area contributed by atoms with Crippen molar-refractivity contribution in [2.45, 2.75) is 45.5 Å². The van der Waals surface area contributed by atoms with Crippen LogP contribution in [0, 0.1) is 0 Å². The molecule has 2 heterocycles. The largest absolute Gasteiger partial charge is 0.486 e. The molecule has 6 aromatic rings. The number of carboxylic acids is 1. The Morgan fingerprint density at radius 1 is 0.500 bits per heavy atom. The van der Waals surface area contributed by atoms with Gasteiger partial charge in [-0.3, -0.25) is 28.8 Å². The van der Waals surface area contributed by atoms with Crippen LogP contribution in [0.25, 0.3) is 21.5 Å². The Balaban J connectivity index is 0.000000217. The molecule has 0 aromatic heterocycles. The van der Waals surface area contributed by atoms with E-state index in [1.54, 1.807) is 6.92 Å². The highest BCUT2D eigenvalue weighted by molar-refractivity contribution is 6.43. The van der Waals surface area contributed by atoms with Crippen LogP contribution in [0.1, 0.15) is 59.5 Å². The summed E-state index contributed by atoms with van der Waals surface area (Å²) in [5.41, 5.74) is -1.16. The number of hydrogen-bond donors (Lipinski definition) is 1. The maximum absolute atomic E-state index is 13.6. The minimum atomic E-state index is -2.91. The van der Waals surface area contributed by atoms with Crippen LogP contribution in [-0.2, 0) is 27.2 Å². The summed E-state index contributed by atoms with van der Waals surface area (Å²) < 4.78 is 130. The molecule has 0 spiro atoms. The molecule has 2 aliphatic rings. The van der Waals surface area contributed by atoms with Gasteiger partial charge >= 0.3 is 11.9 Å². The van der Waals surface area contributed by atoms with Crippen LogP contribution >= 0.6 is 23.2 Å². The number of imide groups is 2. The topological polar surface area (TPSA) is 175 Å². The number of carboxylic acid groups (broad SMARTS) is 1. The molecule has 1 N–H and O–H groups in total. The first-order chi connectivity index (χ1) is 35.2. The van der Waals surface area contributed by atoms with Crippen molar-refractivity contribution >= 4 is 91.7 Å². The third kappa shape index (κ3) is 11.2. The molecule has 0 saturated carbocycles. The van der Waals surface area contributed by atoms with E-state index < -0.39 is 110 Å². The maximum atomic E-state index is 13.6. The van der Waals surface area contributed by atoms with E-state index in [1.807, 2.05) is 0 Å². The number of benzene rings is 6. The Bertz CT molecular complexity index is 3080. The number of carbonyl (C=O) groups is 6. The fourth-order valence-electron chi connectivity index (χ4n) is 8.06. The van der Waals surface area contributed by atoms with Crippen LogP contribution in [0.4, 0.5) is 46.5 Å². The number of esters is 1. The number of hydrogen-bond acceptors (Lipinski definition) is 11. The average molecular weight is 1080 g/mol. The van der Waals surface area contributed by atoms with Gasteiger partial charge in [0, 0.05) is 21.5 Å². The normalized spacial score (nSPS) is 13.1. The molecule has 0 bridgehead atoms. The minimum absolute atomic E-state index is 0.0732. The first kappa shape index (κ1) is 54.1. The van der Waals surface area contributed by atoms with Crippen molar-refractivity contribution in [3.63, 3.8) is 0 Å². The van der Waals surface area contributed by atoms with Gasteiger partial charge in [-0.25, -0.2) is 44.9 Å². The monoisotopic (exact) mass is 1080 g/mol. The van der Waals surface area contributed by atoms with Crippen LogP contribution < -0.4 is 28.7 Å². The third-order valence-corrected chi connectivity index (χ3v) is 11.4. The number of anilines is 2. The first-order valence-electron chi connectivity index (χ1n) is 21.8. The Morgan fingerprint density at radius 2 is 0.797 bits per heavy atom. The lowest BCUT2D eigenvalue weighted by Gasteiger charge is -2.17. The van der Waals surface area contributed by atoms with Crippen molar-refractivity contribution < 1.29 is 92.7 Å². The highest BCUT2D eigenvalue weighted by Gasteiger charge is 2.46. The summed E-state index contributed by atoms with van der Waals surface area (Å²) in [6.45, 7) is -2.53. The maximum Gasteiger partial charge on any atom is 0.310 e. The molecule has 0 atom stereocenters. The molecular weight excluding hydrogens is 1040 g/mol. The number of alkyl halides is 8. The van der Waals surface area contributed by atoms with E-state index in [0.717, 1.165) is 0 Å². The van der Waals surface area contributed by atoms with Crippen LogP contribution in [0.2, 0.25) is 10.0 Å². The van der Waals surface area contributed by atoms with Crippen LogP contribution in [0.5, 0.6) is 23.0 Å². The summed E-state index contributed by atoms with van der Waals surface area (Å²) in [4.78, 5) is 78.3. The van der Waals surface area contributed by atoms with Gasteiger partial charge in [0.25, 0.3) is 49.3 Å². The van der Waals surface area contributed by atoms with Crippen LogP contribution in [0.3, 0.4) is 0 Å². The van der Waals surface area contributed by atoms with Gasteiger partial charge in [-0.05, 0) is 42.3 Å². The Morgan fingerprint density at radius 3 is 1.05 bits per heavy atom. The molecule has 4 amide bonds. The average Bonchev–Trinajstić information content (AvgIpc) is 3.75. The van der Waals surface area contributed by atoms with Crippen molar-refractivity contribution in [1.82, 2.24) is 0 Å². The summed E-state index contributed by atoms with van der Waals surface area (Å²) in [7, 11) is 0. The summed E-state index contributed by atoms with van der Waals surface area (Å²) >= 11 is 12.6. The molecule has 0 aliphatic carbocycles. The molecule has 8 rings (SSSR count). The van der Waals surface area contributed by atoms with Gasteiger partial charge in [0.2, 0.25) is 0 Å². The third-order valence-electron chi connectivity index (χ3n) is 10.8. The number of rotatable bonds is 19. The first-order valence-corrected chi connectivity index (χ1v) is 22.5. The lowest BCUT2D eigenvalue weighted by atomic mass is 9.99. The Labute approximate surface area is 422 Å². The second kappa shape index (κ2) is 23.0. The lowest BCUT2D eigenvalue weighted by Crippen LogP contribution is -2.30. The van der Waals surface area contributed by atoms with Gasteiger partial charge in [-0.1, -0.05) is 83.9 Å². The zero-order valence-corrected chi connectivity index (χ0v) is 39.5. The number of ether oxygens (including phenoxy) is 5. The SMILES string of the molecule is CCOC(=O)Cc1ccc(N2C(=O)c3c(c(OCC(F)F)c4ccccc4c3OCC(F)F)C2=O)c(Cl)c1.O=C(O)Cc1ccc(N2C(=O)c3c(c(OCC(F)F)c4ccccc4c3OCC(F)F)C2=O)c(Cl)c1. The molecular formula is C50H36Cl2F8N2O12. The predicted octanol–water partition coefficient (Wildman–Crippen LogP) is 10.9. The highest BCUT2D eigenvalue weighted by Crippen LogP contribution is 2.49. The van der Waals surface area contributed by atoms with Crippen molar-refractivity contribution in [2.75, 3.05) is 42.8 Å². The zero-order chi connectivity index (χ0) is 53.7. The van der Waals surface area contributed by atoms with E-state index in [2.05, 4.69) is 0 Å². The summed E-state index contributed by atoms with van der Waals surface area (Å²) in [5, 5.41) is 9.21. The fraction of sp³-hybridized carbons (Fsp3) is 0.240. The molecule has 2 aliphatic heterocycles. The predicted molar refractivity (Wildman–Crippen MR) is 251 cm³/mol. The van der Waals surface area contributed by atoms with Crippen molar-refractivity contribution in [2.24, 2.45) is 0 Å². The van der Waals surface area contributed by atoms with Crippen LogP contribution in [0.15, 0.2) is 84.9 Å².